The normalized spacial score (nSPS) is 24.3. The van der Waals surface area contributed by atoms with Crippen LogP contribution in [0, 0.1) is 11.3 Å². The van der Waals surface area contributed by atoms with Crippen LogP contribution in [-0.2, 0) is 7.05 Å². The van der Waals surface area contributed by atoms with Gasteiger partial charge in [-0.15, -0.1) is 0 Å². The molecular weight excluding hydrogens is 218 g/mol. The van der Waals surface area contributed by atoms with Gasteiger partial charge in [0.2, 0.25) is 0 Å². The van der Waals surface area contributed by atoms with Crippen LogP contribution in [-0.4, -0.2) is 27.0 Å². The number of nitriles is 1. The molecule has 0 atom stereocenters. The van der Waals surface area contributed by atoms with E-state index in [1.54, 1.807) is 7.05 Å². The van der Waals surface area contributed by atoms with Crippen molar-refractivity contribution in [3.05, 3.63) is 5.56 Å². The molecule has 0 saturated heterocycles. The van der Waals surface area contributed by atoms with Crippen LogP contribution in [0.15, 0.2) is 0 Å². The zero-order valence-corrected chi connectivity index (χ0v) is 9.85. The number of rotatable bonds is 2. The van der Waals surface area contributed by atoms with E-state index in [0.717, 1.165) is 25.7 Å². The first kappa shape index (κ1) is 11.7. The lowest BCUT2D eigenvalue weighted by Crippen LogP contribution is -2.28. The molecule has 0 unspecified atom stereocenters. The van der Waals surface area contributed by atoms with E-state index < -0.39 is 0 Å². The van der Waals surface area contributed by atoms with Crippen LogP contribution >= 0.6 is 0 Å². The second kappa shape index (κ2) is 4.63. The summed E-state index contributed by atoms with van der Waals surface area (Å²) >= 11 is 0. The quantitative estimate of drug-likeness (QED) is 0.696. The minimum absolute atomic E-state index is 0.183. The number of nitrogens with one attached hydrogen (secondary N) is 1. The van der Waals surface area contributed by atoms with Gasteiger partial charge in [0.05, 0.1) is 6.10 Å². The highest BCUT2D eigenvalue weighted by Crippen LogP contribution is 2.25. The summed E-state index contributed by atoms with van der Waals surface area (Å²) in [7, 11) is 1.71. The Morgan fingerprint density at radius 3 is 2.71 bits per heavy atom. The van der Waals surface area contributed by atoms with Crippen molar-refractivity contribution >= 4 is 11.6 Å². The standard InChI is InChI=1S/C11H17N5O/c1-16-10(13)9(6-12)11(15-16)14-7-2-4-8(17)5-3-7/h7-8,17H,2-5,13H2,1H3,(H,14,15). The second-order valence-corrected chi connectivity index (χ2v) is 4.49. The van der Waals surface area contributed by atoms with E-state index in [1.807, 2.05) is 0 Å². The van der Waals surface area contributed by atoms with Gasteiger partial charge in [0.1, 0.15) is 17.5 Å². The molecule has 0 radical (unpaired) electrons. The highest BCUT2D eigenvalue weighted by Gasteiger charge is 2.22. The fraction of sp³-hybridized carbons (Fsp3) is 0.636. The Bertz CT molecular complexity index is 439. The Hall–Kier alpha value is -1.74. The number of nitrogens with two attached hydrogens (primary N) is 1. The van der Waals surface area contributed by atoms with Gasteiger partial charge in [-0.05, 0) is 25.7 Å². The summed E-state index contributed by atoms with van der Waals surface area (Å²) in [5.41, 5.74) is 6.14. The summed E-state index contributed by atoms with van der Waals surface area (Å²) in [5, 5.41) is 25.9. The molecule has 2 rings (SSSR count). The summed E-state index contributed by atoms with van der Waals surface area (Å²) in [6, 6.07) is 2.33. The maximum Gasteiger partial charge on any atom is 0.168 e. The predicted molar refractivity (Wildman–Crippen MR) is 64.2 cm³/mol. The maximum atomic E-state index is 9.42. The first-order valence-corrected chi connectivity index (χ1v) is 5.79. The molecule has 0 aliphatic heterocycles. The second-order valence-electron chi connectivity index (χ2n) is 4.49. The molecule has 1 aliphatic carbocycles. The van der Waals surface area contributed by atoms with Gasteiger partial charge in [0.25, 0.3) is 0 Å². The fourth-order valence-electron chi connectivity index (χ4n) is 2.16. The van der Waals surface area contributed by atoms with E-state index in [0.29, 0.717) is 17.2 Å². The van der Waals surface area contributed by atoms with E-state index in [-0.39, 0.29) is 12.1 Å². The number of nitrogen functional groups attached to an aromatic ring is 1. The number of nitrogens with zero attached hydrogens (tertiary/aromatic N) is 3. The van der Waals surface area contributed by atoms with E-state index in [2.05, 4.69) is 16.5 Å². The van der Waals surface area contributed by atoms with E-state index in [9.17, 15) is 5.11 Å². The molecule has 6 heteroatoms. The molecule has 1 aromatic heterocycles. The Morgan fingerprint density at radius 2 is 2.12 bits per heavy atom. The first-order chi connectivity index (χ1) is 8.11. The van der Waals surface area contributed by atoms with Gasteiger partial charge < -0.3 is 16.2 Å². The average Bonchev–Trinajstić information content (AvgIpc) is 2.58. The number of hydrogen-bond acceptors (Lipinski definition) is 5. The highest BCUT2D eigenvalue weighted by molar-refractivity contribution is 5.63. The molecule has 1 saturated carbocycles. The van der Waals surface area contributed by atoms with Crippen LogP contribution in [0.25, 0.3) is 0 Å². The van der Waals surface area contributed by atoms with Crippen molar-refractivity contribution in [3.63, 3.8) is 0 Å². The minimum atomic E-state index is -0.183. The molecule has 1 aliphatic rings. The third-order valence-electron chi connectivity index (χ3n) is 3.24. The molecule has 0 aromatic carbocycles. The van der Waals surface area contributed by atoms with Crippen LogP contribution in [0.5, 0.6) is 0 Å². The number of anilines is 2. The van der Waals surface area contributed by atoms with Crippen molar-refractivity contribution < 1.29 is 5.11 Å². The Morgan fingerprint density at radius 1 is 1.47 bits per heavy atom. The Kier molecular flexibility index (Phi) is 3.20. The van der Waals surface area contributed by atoms with E-state index in [1.165, 1.54) is 4.68 Å². The molecule has 17 heavy (non-hydrogen) atoms. The number of aromatic nitrogens is 2. The van der Waals surface area contributed by atoms with Crippen molar-refractivity contribution in [2.45, 2.75) is 37.8 Å². The van der Waals surface area contributed by atoms with Crippen LogP contribution in [0.3, 0.4) is 0 Å². The third-order valence-corrected chi connectivity index (χ3v) is 3.24. The summed E-state index contributed by atoms with van der Waals surface area (Å²) in [4.78, 5) is 0. The summed E-state index contributed by atoms with van der Waals surface area (Å²) < 4.78 is 1.50. The van der Waals surface area contributed by atoms with Crippen LogP contribution < -0.4 is 11.1 Å². The summed E-state index contributed by atoms with van der Waals surface area (Å²) in [6.07, 6.45) is 3.19. The van der Waals surface area contributed by atoms with E-state index in [4.69, 9.17) is 11.0 Å². The zero-order chi connectivity index (χ0) is 12.4. The first-order valence-electron chi connectivity index (χ1n) is 5.79. The Labute approximate surface area is 100 Å². The molecule has 6 nitrogen and oxygen atoms in total. The zero-order valence-electron chi connectivity index (χ0n) is 9.85. The van der Waals surface area contributed by atoms with Gasteiger partial charge in [-0.25, -0.2) is 4.68 Å². The smallest absolute Gasteiger partial charge is 0.168 e. The van der Waals surface area contributed by atoms with Gasteiger partial charge in [-0.3, -0.25) is 0 Å². The Balaban J connectivity index is 2.09. The number of aryl methyl sites for hydroxylation is 1. The van der Waals surface area contributed by atoms with Gasteiger partial charge >= 0.3 is 0 Å². The molecule has 1 heterocycles. The largest absolute Gasteiger partial charge is 0.393 e. The van der Waals surface area contributed by atoms with Crippen molar-refractivity contribution in [2.75, 3.05) is 11.1 Å². The van der Waals surface area contributed by atoms with Crippen molar-refractivity contribution in [1.29, 1.82) is 5.26 Å². The molecule has 4 N–H and O–H groups in total. The summed E-state index contributed by atoms with van der Waals surface area (Å²) in [5.74, 6) is 0.930. The predicted octanol–water partition coefficient (Wildman–Crippen LogP) is 0.589. The van der Waals surface area contributed by atoms with E-state index >= 15 is 0 Å². The fourth-order valence-corrected chi connectivity index (χ4v) is 2.16. The van der Waals surface area contributed by atoms with Gasteiger partial charge in [-0.2, -0.15) is 10.4 Å². The molecule has 0 amide bonds. The van der Waals surface area contributed by atoms with Gasteiger partial charge in [0, 0.05) is 13.1 Å². The number of aliphatic hydroxyl groups excluding tert-OH is 1. The molecule has 1 aromatic rings. The van der Waals surface area contributed by atoms with Crippen LogP contribution in [0.2, 0.25) is 0 Å². The van der Waals surface area contributed by atoms with Gasteiger partial charge in [0.15, 0.2) is 5.82 Å². The van der Waals surface area contributed by atoms with Crippen LogP contribution in [0.1, 0.15) is 31.2 Å². The number of hydrogen-bond donors (Lipinski definition) is 3. The lowest BCUT2D eigenvalue weighted by molar-refractivity contribution is 0.126. The third kappa shape index (κ3) is 2.34. The lowest BCUT2D eigenvalue weighted by Gasteiger charge is -2.26. The molecule has 0 bridgehead atoms. The molecule has 1 fully saturated rings. The van der Waals surface area contributed by atoms with Crippen LogP contribution in [0.4, 0.5) is 11.6 Å². The SMILES string of the molecule is Cn1nc(NC2CCC(O)CC2)c(C#N)c1N. The van der Waals surface area contributed by atoms with Crippen molar-refractivity contribution in [1.82, 2.24) is 9.78 Å². The summed E-state index contributed by atoms with van der Waals surface area (Å²) in [6.45, 7) is 0. The minimum Gasteiger partial charge on any atom is -0.393 e. The maximum absolute atomic E-state index is 9.42. The molecular formula is C11H17N5O. The monoisotopic (exact) mass is 235 g/mol. The molecule has 0 spiro atoms. The van der Waals surface area contributed by atoms with Gasteiger partial charge in [-0.1, -0.05) is 0 Å². The lowest BCUT2D eigenvalue weighted by atomic mass is 9.93. The van der Waals surface area contributed by atoms with Crippen molar-refractivity contribution in [3.8, 4) is 6.07 Å². The highest BCUT2D eigenvalue weighted by atomic mass is 16.3. The van der Waals surface area contributed by atoms with Crippen molar-refractivity contribution in [2.24, 2.45) is 7.05 Å². The average molecular weight is 235 g/mol. The molecule has 92 valence electrons. The topological polar surface area (TPSA) is 99.9 Å². The number of aliphatic hydroxyl groups is 1.